The van der Waals surface area contributed by atoms with Crippen molar-refractivity contribution in [2.75, 3.05) is 0 Å². The van der Waals surface area contributed by atoms with Gasteiger partial charge in [-0.3, -0.25) is 0 Å². The topological polar surface area (TPSA) is 43.1 Å². The van der Waals surface area contributed by atoms with E-state index in [-0.39, 0.29) is 5.41 Å². The molecule has 0 unspecified atom stereocenters. The summed E-state index contributed by atoms with van der Waals surface area (Å²) >= 11 is 6.41. The van der Waals surface area contributed by atoms with Gasteiger partial charge in [0.25, 0.3) is 0 Å². The number of halogens is 1. The van der Waals surface area contributed by atoms with Crippen LogP contribution in [0.5, 0.6) is 0 Å². The van der Waals surface area contributed by atoms with Crippen LogP contribution >= 0.6 is 11.6 Å². The van der Waals surface area contributed by atoms with Gasteiger partial charge >= 0.3 is 0 Å². The number of rotatable bonds is 2. The molecule has 0 radical (unpaired) electrons. The minimum absolute atomic E-state index is 0.0634. The van der Waals surface area contributed by atoms with Gasteiger partial charge < -0.3 is 0 Å². The van der Waals surface area contributed by atoms with Gasteiger partial charge in [0, 0.05) is 16.5 Å². The van der Waals surface area contributed by atoms with Crippen molar-refractivity contribution in [2.24, 2.45) is 0 Å². The Labute approximate surface area is 121 Å². The van der Waals surface area contributed by atoms with Crippen molar-refractivity contribution in [2.45, 2.75) is 24.7 Å². The zero-order valence-corrected chi connectivity index (χ0v) is 11.6. The second kappa shape index (κ2) is 4.28. The molecule has 4 rings (SSSR count). The summed E-state index contributed by atoms with van der Waals surface area (Å²) in [5.41, 5.74) is 2.92. The molecule has 0 bridgehead atoms. The van der Waals surface area contributed by atoms with Gasteiger partial charge in [-0.05, 0) is 24.5 Å². The van der Waals surface area contributed by atoms with Crippen molar-refractivity contribution in [3.8, 4) is 0 Å². The van der Waals surface area contributed by atoms with Crippen LogP contribution in [0.4, 0.5) is 0 Å². The molecule has 0 atom stereocenters. The monoisotopic (exact) mass is 284 g/mol. The third-order valence-corrected chi connectivity index (χ3v) is 4.57. The predicted octanol–water partition coefficient (Wildman–Crippen LogP) is 3.25. The van der Waals surface area contributed by atoms with Gasteiger partial charge in [0.15, 0.2) is 5.65 Å². The van der Waals surface area contributed by atoms with E-state index in [2.05, 4.69) is 21.4 Å². The van der Waals surface area contributed by atoms with E-state index in [9.17, 15) is 0 Å². The van der Waals surface area contributed by atoms with Crippen LogP contribution in [0.2, 0.25) is 5.02 Å². The molecule has 1 saturated carbocycles. The molecule has 100 valence electrons. The first-order valence-corrected chi connectivity index (χ1v) is 7.10. The van der Waals surface area contributed by atoms with Gasteiger partial charge in [0.2, 0.25) is 0 Å². The van der Waals surface area contributed by atoms with Gasteiger partial charge in [-0.1, -0.05) is 36.2 Å². The Kier molecular flexibility index (Phi) is 2.54. The van der Waals surface area contributed by atoms with Crippen molar-refractivity contribution in [3.63, 3.8) is 0 Å². The Morgan fingerprint density at radius 2 is 2.05 bits per heavy atom. The lowest BCUT2D eigenvalue weighted by atomic mass is 9.62. The maximum absolute atomic E-state index is 6.41. The first-order valence-electron chi connectivity index (χ1n) is 6.72. The highest BCUT2D eigenvalue weighted by molar-refractivity contribution is 6.31. The summed E-state index contributed by atoms with van der Waals surface area (Å²) in [6.45, 7) is 0. The van der Waals surface area contributed by atoms with Crippen LogP contribution in [0.3, 0.4) is 0 Å². The molecule has 0 aliphatic heterocycles. The highest BCUT2D eigenvalue weighted by Gasteiger charge is 2.43. The molecule has 2 aromatic heterocycles. The van der Waals surface area contributed by atoms with E-state index in [1.54, 1.807) is 10.7 Å². The maximum Gasteiger partial charge on any atom is 0.177 e. The SMILES string of the molecule is Clc1ccccc1C1(c2cc3nnccn3n2)CCC1. The van der Waals surface area contributed by atoms with E-state index >= 15 is 0 Å². The highest BCUT2D eigenvalue weighted by Crippen LogP contribution is 2.50. The molecule has 5 heteroatoms. The summed E-state index contributed by atoms with van der Waals surface area (Å²) in [7, 11) is 0. The molecule has 0 spiro atoms. The third-order valence-electron chi connectivity index (χ3n) is 4.24. The third kappa shape index (κ3) is 1.58. The molecule has 1 fully saturated rings. The number of aromatic nitrogens is 4. The van der Waals surface area contributed by atoms with Crippen LogP contribution < -0.4 is 0 Å². The van der Waals surface area contributed by atoms with Gasteiger partial charge in [0.05, 0.1) is 18.1 Å². The highest BCUT2D eigenvalue weighted by atomic mass is 35.5. The van der Waals surface area contributed by atoms with Crippen molar-refractivity contribution >= 4 is 17.2 Å². The summed E-state index contributed by atoms with van der Waals surface area (Å²) in [5, 5.41) is 13.5. The first-order chi connectivity index (χ1) is 9.79. The molecule has 1 aromatic carbocycles. The van der Waals surface area contributed by atoms with Crippen LogP contribution in [-0.4, -0.2) is 19.8 Å². The average Bonchev–Trinajstić information content (AvgIpc) is 2.83. The smallest absolute Gasteiger partial charge is 0.177 e. The summed E-state index contributed by atoms with van der Waals surface area (Å²) in [6, 6.07) is 10.1. The summed E-state index contributed by atoms with van der Waals surface area (Å²) in [6.07, 6.45) is 6.82. The molecule has 1 aliphatic rings. The van der Waals surface area contributed by atoms with E-state index in [0.29, 0.717) is 0 Å². The number of hydrogen-bond acceptors (Lipinski definition) is 3. The lowest BCUT2D eigenvalue weighted by Crippen LogP contribution is -2.36. The Hall–Kier alpha value is -1.94. The van der Waals surface area contributed by atoms with Gasteiger partial charge in [-0.25, -0.2) is 4.52 Å². The lowest BCUT2D eigenvalue weighted by molar-refractivity contribution is 0.293. The molecular weight excluding hydrogens is 272 g/mol. The molecule has 3 aromatic rings. The minimum atomic E-state index is -0.0634. The lowest BCUT2D eigenvalue weighted by Gasteiger charge is -2.41. The molecule has 0 N–H and O–H groups in total. The summed E-state index contributed by atoms with van der Waals surface area (Å²) in [5.74, 6) is 0. The number of fused-ring (bicyclic) bond motifs is 1. The van der Waals surface area contributed by atoms with Crippen LogP contribution in [0.1, 0.15) is 30.5 Å². The van der Waals surface area contributed by atoms with Crippen molar-refractivity contribution in [1.82, 2.24) is 19.8 Å². The first kappa shape index (κ1) is 11.9. The van der Waals surface area contributed by atoms with Crippen LogP contribution in [0, 0.1) is 0 Å². The zero-order chi connectivity index (χ0) is 13.6. The molecule has 2 heterocycles. The van der Waals surface area contributed by atoms with Crippen molar-refractivity contribution < 1.29 is 0 Å². The fraction of sp³-hybridized carbons (Fsp3) is 0.267. The van der Waals surface area contributed by atoms with Crippen molar-refractivity contribution in [3.05, 3.63) is 59.0 Å². The molecule has 0 amide bonds. The normalized spacial score (nSPS) is 17.1. The van der Waals surface area contributed by atoms with E-state index in [1.807, 2.05) is 30.5 Å². The molecule has 0 saturated heterocycles. The van der Waals surface area contributed by atoms with E-state index < -0.39 is 0 Å². The molecule has 20 heavy (non-hydrogen) atoms. The van der Waals surface area contributed by atoms with Gasteiger partial charge in [-0.2, -0.15) is 10.2 Å². The van der Waals surface area contributed by atoms with E-state index in [0.717, 1.165) is 29.2 Å². The number of nitrogens with zero attached hydrogens (tertiary/aromatic N) is 4. The standard InChI is InChI=1S/C15H13ClN4/c16-12-5-2-1-4-11(12)15(6-3-7-15)13-10-14-18-17-8-9-20(14)19-13/h1-2,4-5,8-10H,3,6-7H2. The van der Waals surface area contributed by atoms with Crippen molar-refractivity contribution in [1.29, 1.82) is 0 Å². The maximum atomic E-state index is 6.41. The summed E-state index contributed by atoms with van der Waals surface area (Å²) in [4.78, 5) is 0. The van der Waals surface area contributed by atoms with E-state index in [4.69, 9.17) is 11.6 Å². The second-order valence-electron chi connectivity index (χ2n) is 5.26. The van der Waals surface area contributed by atoms with Gasteiger partial charge in [-0.15, -0.1) is 5.10 Å². The van der Waals surface area contributed by atoms with Crippen LogP contribution in [-0.2, 0) is 5.41 Å². The molecule has 4 nitrogen and oxygen atoms in total. The molecule has 1 aliphatic carbocycles. The zero-order valence-electron chi connectivity index (χ0n) is 10.8. The van der Waals surface area contributed by atoms with E-state index in [1.165, 1.54) is 12.0 Å². The average molecular weight is 285 g/mol. The Balaban J connectivity index is 1.91. The largest absolute Gasteiger partial charge is 0.219 e. The number of hydrogen-bond donors (Lipinski definition) is 0. The minimum Gasteiger partial charge on any atom is -0.219 e. The number of benzene rings is 1. The fourth-order valence-corrected chi connectivity index (χ4v) is 3.35. The fourth-order valence-electron chi connectivity index (χ4n) is 3.03. The summed E-state index contributed by atoms with van der Waals surface area (Å²) < 4.78 is 1.78. The van der Waals surface area contributed by atoms with Gasteiger partial charge in [0.1, 0.15) is 0 Å². The van der Waals surface area contributed by atoms with Crippen LogP contribution in [0.25, 0.3) is 5.65 Å². The Morgan fingerprint density at radius 1 is 1.20 bits per heavy atom. The Bertz CT molecular complexity index is 743. The Morgan fingerprint density at radius 3 is 2.75 bits per heavy atom. The predicted molar refractivity (Wildman–Crippen MR) is 76.9 cm³/mol. The molecular formula is C15H13ClN4. The van der Waals surface area contributed by atoms with Crippen LogP contribution in [0.15, 0.2) is 42.7 Å². The quantitative estimate of drug-likeness (QED) is 0.725. The second-order valence-corrected chi connectivity index (χ2v) is 5.67.